The second-order valence-electron chi connectivity index (χ2n) is 7.11. The van der Waals surface area contributed by atoms with E-state index in [1.807, 2.05) is 42.5 Å². The van der Waals surface area contributed by atoms with E-state index in [2.05, 4.69) is 10.3 Å². The lowest BCUT2D eigenvalue weighted by Crippen LogP contribution is -2.31. The average Bonchev–Trinajstić information content (AvgIpc) is 3.23. The Bertz CT molecular complexity index is 1010. The maximum absolute atomic E-state index is 12.5. The van der Waals surface area contributed by atoms with Crippen LogP contribution >= 0.6 is 0 Å². The Morgan fingerprint density at radius 2 is 1.89 bits per heavy atom. The highest BCUT2D eigenvalue weighted by molar-refractivity contribution is 6.06. The van der Waals surface area contributed by atoms with Gasteiger partial charge in [0.25, 0.3) is 11.5 Å². The van der Waals surface area contributed by atoms with E-state index in [1.54, 1.807) is 17.0 Å². The van der Waals surface area contributed by atoms with Crippen molar-refractivity contribution in [1.29, 1.82) is 0 Å². The molecule has 0 bridgehead atoms. The monoisotopic (exact) mass is 361 g/mol. The van der Waals surface area contributed by atoms with E-state index in [1.165, 1.54) is 12.8 Å². The number of nitrogens with zero attached hydrogens (tertiary/aromatic N) is 2. The molecule has 2 aromatic carbocycles. The van der Waals surface area contributed by atoms with Gasteiger partial charge in [0.05, 0.1) is 12.0 Å². The molecule has 1 saturated carbocycles. The zero-order valence-corrected chi connectivity index (χ0v) is 15.2. The van der Waals surface area contributed by atoms with Crippen molar-refractivity contribution in [2.75, 3.05) is 6.54 Å². The van der Waals surface area contributed by atoms with Crippen molar-refractivity contribution in [3.63, 3.8) is 0 Å². The first-order valence-corrected chi connectivity index (χ1v) is 9.55. The van der Waals surface area contributed by atoms with Gasteiger partial charge in [-0.15, -0.1) is 0 Å². The van der Waals surface area contributed by atoms with Crippen LogP contribution in [0.1, 0.15) is 47.7 Å². The van der Waals surface area contributed by atoms with Gasteiger partial charge < -0.3 is 5.32 Å². The van der Waals surface area contributed by atoms with Gasteiger partial charge in [0.2, 0.25) is 0 Å². The summed E-state index contributed by atoms with van der Waals surface area (Å²) in [4.78, 5) is 29.3. The summed E-state index contributed by atoms with van der Waals surface area (Å²) >= 11 is 0. The Labute approximate surface area is 158 Å². The third-order valence-corrected chi connectivity index (χ3v) is 5.35. The molecule has 1 heterocycles. The highest BCUT2D eigenvalue weighted by atomic mass is 16.1. The number of benzene rings is 2. The normalized spacial score (nSPS) is 14.5. The molecule has 1 aromatic heterocycles. The summed E-state index contributed by atoms with van der Waals surface area (Å²) < 4.78 is 1.56. The van der Waals surface area contributed by atoms with Gasteiger partial charge in [-0.1, -0.05) is 49.2 Å². The summed E-state index contributed by atoms with van der Waals surface area (Å²) in [5.41, 5.74) is 1.51. The minimum Gasteiger partial charge on any atom is -0.350 e. The van der Waals surface area contributed by atoms with Crippen molar-refractivity contribution in [2.45, 2.75) is 38.1 Å². The molecule has 0 aliphatic heterocycles. The molecule has 0 saturated heterocycles. The summed E-state index contributed by atoms with van der Waals surface area (Å²) in [5, 5.41) is 4.87. The number of aromatic nitrogens is 2. The van der Waals surface area contributed by atoms with Crippen LogP contribution in [0.5, 0.6) is 0 Å². The molecular weight excluding hydrogens is 338 g/mol. The van der Waals surface area contributed by atoms with Crippen LogP contribution in [0.15, 0.2) is 59.7 Å². The molecule has 1 N–H and O–H groups in total. The molecule has 0 radical (unpaired) electrons. The Morgan fingerprint density at radius 3 is 2.70 bits per heavy atom. The van der Waals surface area contributed by atoms with E-state index >= 15 is 0 Å². The Balaban J connectivity index is 1.40. The zero-order chi connectivity index (χ0) is 18.6. The maximum atomic E-state index is 12.5. The molecule has 27 heavy (non-hydrogen) atoms. The molecule has 1 aliphatic carbocycles. The molecule has 0 spiro atoms. The number of hydrogen-bond acceptors (Lipinski definition) is 3. The van der Waals surface area contributed by atoms with Gasteiger partial charge >= 0.3 is 0 Å². The fourth-order valence-electron chi connectivity index (χ4n) is 3.86. The first-order chi connectivity index (χ1) is 13.2. The number of fused-ring (bicyclic) bond motifs is 1. The van der Waals surface area contributed by atoms with Gasteiger partial charge in [-0.25, -0.2) is 4.98 Å². The summed E-state index contributed by atoms with van der Waals surface area (Å²) in [7, 11) is 0. The topological polar surface area (TPSA) is 64.0 Å². The van der Waals surface area contributed by atoms with Crippen LogP contribution in [0.3, 0.4) is 0 Å². The fraction of sp³-hybridized carbons (Fsp3) is 0.318. The maximum Gasteiger partial charge on any atom is 0.253 e. The van der Waals surface area contributed by atoms with E-state index in [-0.39, 0.29) is 11.5 Å². The van der Waals surface area contributed by atoms with Gasteiger partial charge in [0.15, 0.2) is 0 Å². The van der Waals surface area contributed by atoms with E-state index in [9.17, 15) is 9.59 Å². The quantitative estimate of drug-likeness (QED) is 0.757. The summed E-state index contributed by atoms with van der Waals surface area (Å²) in [5.74, 6) is 0.300. The average molecular weight is 361 g/mol. The van der Waals surface area contributed by atoms with E-state index in [0.717, 1.165) is 29.3 Å². The van der Waals surface area contributed by atoms with Crippen molar-refractivity contribution >= 4 is 16.7 Å². The molecule has 0 unspecified atom stereocenters. The molecule has 1 aliphatic rings. The molecule has 5 nitrogen and oxygen atoms in total. The van der Waals surface area contributed by atoms with Crippen LogP contribution in [0.2, 0.25) is 0 Å². The van der Waals surface area contributed by atoms with Crippen molar-refractivity contribution in [1.82, 2.24) is 14.9 Å². The highest BCUT2D eigenvalue weighted by Gasteiger charge is 2.19. The fourth-order valence-corrected chi connectivity index (χ4v) is 3.86. The van der Waals surface area contributed by atoms with Crippen LogP contribution in [-0.2, 0) is 6.54 Å². The van der Waals surface area contributed by atoms with E-state index in [0.29, 0.717) is 24.6 Å². The van der Waals surface area contributed by atoms with Crippen LogP contribution in [-0.4, -0.2) is 22.0 Å². The predicted molar refractivity (Wildman–Crippen MR) is 106 cm³/mol. The van der Waals surface area contributed by atoms with Gasteiger partial charge in [0, 0.05) is 30.6 Å². The van der Waals surface area contributed by atoms with Gasteiger partial charge in [0.1, 0.15) is 0 Å². The van der Waals surface area contributed by atoms with Gasteiger partial charge in [-0.05, 0) is 29.7 Å². The lowest BCUT2D eigenvalue weighted by Gasteiger charge is -2.11. The minimum atomic E-state index is -0.129. The van der Waals surface area contributed by atoms with Crippen molar-refractivity contribution in [3.05, 3.63) is 76.5 Å². The predicted octanol–water partition coefficient (Wildman–Crippen LogP) is 3.48. The molecule has 0 atom stereocenters. The first kappa shape index (κ1) is 17.5. The third-order valence-electron chi connectivity index (χ3n) is 5.35. The highest BCUT2D eigenvalue weighted by Crippen LogP contribution is 2.32. The number of nitrogens with one attached hydrogen (secondary N) is 1. The molecule has 1 amide bonds. The van der Waals surface area contributed by atoms with Crippen molar-refractivity contribution in [2.24, 2.45) is 0 Å². The van der Waals surface area contributed by atoms with Crippen LogP contribution in [0.4, 0.5) is 0 Å². The Morgan fingerprint density at radius 1 is 1.11 bits per heavy atom. The number of amides is 1. The molecule has 5 heteroatoms. The largest absolute Gasteiger partial charge is 0.350 e. The van der Waals surface area contributed by atoms with Gasteiger partial charge in [-0.3, -0.25) is 14.2 Å². The lowest BCUT2D eigenvalue weighted by atomic mass is 10.0. The first-order valence-electron chi connectivity index (χ1n) is 9.55. The molecular formula is C22H23N3O2. The SMILES string of the molecule is O=C(NCCn1cnc(C2CCCC2)cc1=O)c1cccc2ccccc12. The number of rotatable bonds is 5. The van der Waals surface area contributed by atoms with E-state index in [4.69, 9.17) is 0 Å². The standard InChI is InChI=1S/C22H23N3O2/c26-21-14-20(17-7-1-2-8-17)24-15-25(21)13-12-23-22(27)19-11-5-9-16-6-3-4-10-18(16)19/h3-6,9-11,14-15,17H,1-2,7-8,12-13H2,(H,23,27). The lowest BCUT2D eigenvalue weighted by molar-refractivity contribution is 0.0954. The number of hydrogen-bond donors (Lipinski definition) is 1. The molecule has 4 rings (SSSR count). The van der Waals surface area contributed by atoms with Crippen molar-refractivity contribution in [3.8, 4) is 0 Å². The van der Waals surface area contributed by atoms with E-state index < -0.39 is 0 Å². The second kappa shape index (κ2) is 7.74. The van der Waals surface area contributed by atoms with Gasteiger partial charge in [-0.2, -0.15) is 0 Å². The summed E-state index contributed by atoms with van der Waals surface area (Å²) in [6, 6.07) is 15.2. The third kappa shape index (κ3) is 3.77. The smallest absolute Gasteiger partial charge is 0.253 e. The number of carbonyl (C=O) groups is 1. The Hall–Kier alpha value is -2.95. The summed E-state index contributed by atoms with van der Waals surface area (Å²) in [6.45, 7) is 0.791. The minimum absolute atomic E-state index is 0.0497. The second-order valence-corrected chi connectivity index (χ2v) is 7.11. The molecule has 1 fully saturated rings. The van der Waals surface area contributed by atoms with Crippen LogP contribution < -0.4 is 10.9 Å². The number of carbonyl (C=O) groups excluding carboxylic acids is 1. The molecule has 3 aromatic rings. The van der Waals surface area contributed by atoms with Crippen LogP contribution in [0.25, 0.3) is 10.8 Å². The van der Waals surface area contributed by atoms with Crippen molar-refractivity contribution < 1.29 is 4.79 Å². The Kier molecular flexibility index (Phi) is 5.01. The molecule has 138 valence electrons. The summed E-state index contributed by atoms with van der Waals surface area (Å²) in [6.07, 6.45) is 6.29. The van der Waals surface area contributed by atoms with Crippen LogP contribution in [0, 0.1) is 0 Å². The zero-order valence-electron chi connectivity index (χ0n) is 15.2.